The Morgan fingerprint density at radius 3 is 2.17 bits per heavy atom. The van der Waals surface area contributed by atoms with Crippen LogP contribution < -0.4 is 0 Å². The fourth-order valence-electron chi connectivity index (χ4n) is 3.96. The highest BCUT2D eigenvalue weighted by atomic mass is 35.5. The molecule has 3 aromatic rings. The molecule has 2 aromatic heterocycles. The first-order valence-corrected chi connectivity index (χ1v) is 13.2. The Balaban J connectivity index is 1.76. The van der Waals surface area contributed by atoms with Crippen LogP contribution in [0.2, 0.25) is 5.02 Å². The molecule has 0 radical (unpaired) electrons. The number of carbonyl (C=O) groups is 1. The van der Waals surface area contributed by atoms with E-state index in [0.717, 1.165) is 34.4 Å². The number of rotatable bonds is 6. The van der Waals surface area contributed by atoms with Crippen LogP contribution >= 0.6 is 22.9 Å². The van der Waals surface area contributed by atoms with E-state index in [1.54, 1.807) is 0 Å². The minimum Gasteiger partial charge on any atom is -0.415 e. The van der Waals surface area contributed by atoms with Crippen molar-refractivity contribution in [2.75, 3.05) is 13.1 Å². The second-order valence-corrected chi connectivity index (χ2v) is 11.6. The zero-order chi connectivity index (χ0) is 31.5. The first-order valence-electron chi connectivity index (χ1n) is 12.0. The van der Waals surface area contributed by atoms with Crippen LogP contribution in [0.5, 0.6) is 0 Å². The molecule has 1 aromatic carbocycles. The van der Waals surface area contributed by atoms with Gasteiger partial charge in [-0.1, -0.05) is 23.7 Å². The SMILES string of the molecule is CC(C)(O)c1nnc(-c2nc(C(=O)N3CCC(F)(F)CC3)c(-c3ccc(CC(O)(C(F)(F)F)C(F)(F)F)c(Cl)c3)s2)o1. The summed E-state index contributed by atoms with van der Waals surface area (Å²) in [6, 6.07) is 2.88. The third-order valence-electron chi connectivity index (χ3n) is 6.44. The van der Waals surface area contributed by atoms with Gasteiger partial charge in [0.15, 0.2) is 5.01 Å². The molecule has 1 saturated heterocycles. The molecule has 3 heterocycles. The van der Waals surface area contributed by atoms with Crippen LogP contribution in [0.1, 0.15) is 48.6 Å². The van der Waals surface area contributed by atoms with Crippen molar-refractivity contribution in [3.8, 4) is 21.3 Å². The van der Waals surface area contributed by atoms with Crippen LogP contribution in [-0.2, 0) is 12.0 Å². The molecule has 42 heavy (non-hydrogen) atoms. The van der Waals surface area contributed by atoms with Gasteiger partial charge in [0.1, 0.15) is 11.3 Å². The van der Waals surface area contributed by atoms with E-state index in [2.05, 4.69) is 15.2 Å². The highest BCUT2D eigenvalue weighted by Crippen LogP contribution is 2.46. The van der Waals surface area contributed by atoms with E-state index in [4.69, 9.17) is 16.0 Å². The van der Waals surface area contributed by atoms with Gasteiger partial charge in [-0.15, -0.1) is 21.5 Å². The Bertz CT molecular complexity index is 1460. The number of hydrogen-bond acceptors (Lipinski definition) is 8. The molecule has 18 heteroatoms. The standard InChI is InChI=1S/C24H21ClF8N4O4S/c1-20(2,39)19-36-35-16(41-19)17-34-14(18(38)37-7-5-21(26,27)6-8-37)15(42-17)11-3-4-12(13(25)9-11)10-22(40,23(28,29)30)24(31,32)33/h3-4,9,39-40H,5-8,10H2,1-2H3. The third kappa shape index (κ3) is 6.23. The molecule has 1 fully saturated rings. The summed E-state index contributed by atoms with van der Waals surface area (Å²) in [5.41, 5.74) is -7.59. The van der Waals surface area contributed by atoms with E-state index in [9.17, 15) is 50.1 Å². The molecule has 2 N–H and O–H groups in total. The molecule has 0 saturated carbocycles. The molecule has 0 unspecified atom stereocenters. The monoisotopic (exact) mass is 648 g/mol. The van der Waals surface area contributed by atoms with Crippen molar-refractivity contribution in [3.63, 3.8) is 0 Å². The number of likely N-dealkylation sites (tertiary alicyclic amines) is 1. The summed E-state index contributed by atoms with van der Waals surface area (Å²) in [5.74, 6) is -4.18. The van der Waals surface area contributed by atoms with Crippen LogP contribution in [0.15, 0.2) is 22.6 Å². The number of piperidine rings is 1. The Labute approximate surface area is 240 Å². The summed E-state index contributed by atoms with van der Waals surface area (Å²) in [6.07, 6.45) is -15.3. The van der Waals surface area contributed by atoms with Crippen molar-refractivity contribution in [1.29, 1.82) is 0 Å². The van der Waals surface area contributed by atoms with Crippen LogP contribution in [0, 0.1) is 0 Å². The highest BCUT2D eigenvalue weighted by Gasteiger charge is 2.70. The van der Waals surface area contributed by atoms with Crippen molar-refractivity contribution in [2.24, 2.45) is 0 Å². The number of amides is 1. The molecule has 1 aliphatic heterocycles. The summed E-state index contributed by atoms with van der Waals surface area (Å²) in [7, 11) is 0. The van der Waals surface area contributed by atoms with Crippen LogP contribution in [0.4, 0.5) is 35.1 Å². The normalized spacial score (nSPS) is 16.6. The largest absolute Gasteiger partial charge is 0.426 e. The van der Waals surface area contributed by atoms with Crippen LogP contribution in [0.25, 0.3) is 21.3 Å². The van der Waals surface area contributed by atoms with Gasteiger partial charge in [-0.2, -0.15) is 26.3 Å². The molecular formula is C24H21ClF8N4O4S. The lowest BCUT2D eigenvalue weighted by Gasteiger charge is -2.32. The average molecular weight is 649 g/mol. The van der Waals surface area contributed by atoms with Crippen LogP contribution in [0.3, 0.4) is 0 Å². The number of aliphatic hydroxyl groups is 2. The first-order chi connectivity index (χ1) is 19.1. The summed E-state index contributed by atoms with van der Waals surface area (Å²) in [4.78, 5) is 18.7. The van der Waals surface area contributed by atoms with Gasteiger partial charge >= 0.3 is 12.4 Å². The highest BCUT2D eigenvalue weighted by molar-refractivity contribution is 7.18. The first kappa shape index (κ1) is 32.0. The van der Waals surface area contributed by atoms with E-state index in [0.29, 0.717) is 0 Å². The molecule has 1 aliphatic rings. The molecule has 1 amide bonds. The van der Waals surface area contributed by atoms with E-state index in [1.165, 1.54) is 13.8 Å². The van der Waals surface area contributed by atoms with Gasteiger partial charge in [0, 0.05) is 37.4 Å². The number of halogens is 9. The average Bonchev–Trinajstić information content (AvgIpc) is 3.51. The topological polar surface area (TPSA) is 113 Å². The second kappa shape index (κ2) is 10.7. The number of nitrogens with zero attached hydrogens (tertiary/aromatic N) is 4. The predicted molar refractivity (Wildman–Crippen MR) is 132 cm³/mol. The van der Waals surface area contributed by atoms with Gasteiger partial charge < -0.3 is 19.5 Å². The fraction of sp³-hybridized carbons (Fsp3) is 0.500. The maximum absolute atomic E-state index is 13.7. The summed E-state index contributed by atoms with van der Waals surface area (Å²) in [5, 5.41) is 26.6. The Kier molecular flexibility index (Phi) is 8.14. The third-order valence-corrected chi connectivity index (χ3v) is 7.89. The van der Waals surface area contributed by atoms with Crippen molar-refractivity contribution >= 4 is 28.8 Å². The lowest BCUT2D eigenvalue weighted by Crippen LogP contribution is -2.58. The maximum Gasteiger partial charge on any atom is 0.426 e. The molecule has 0 aliphatic carbocycles. The molecular weight excluding hydrogens is 628 g/mol. The number of thiazole rings is 1. The van der Waals surface area contributed by atoms with Gasteiger partial charge in [-0.3, -0.25) is 4.79 Å². The molecule has 0 bridgehead atoms. The Morgan fingerprint density at radius 2 is 1.67 bits per heavy atom. The van der Waals surface area contributed by atoms with E-state index >= 15 is 0 Å². The Morgan fingerprint density at radius 1 is 1.07 bits per heavy atom. The number of hydrogen-bond donors (Lipinski definition) is 2. The molecule has 8 nitrogen and oxygen atoms in total. The Hall–Kier alpha value is -2.89. The maximum atomic E-state index is 13.7. The number of aromatic nitrogens is 3. The van der Waals surface area contributed by atoms with E-state index in [1.807, 2.05) is 0 Å². The van der Waals surface area contributed by atoms with Gasteiger partial charge in [0.2, 0.25) is 5.89 Å². The van der Waals surface area contributed by atoms with Crippen molar-refractivity contribution in [3.05, 3.63) is 40.4 Å². The smallest absolute Gasteiger partial charge is 0.415 e. The van der Waals surface area contributed by atoms with Gasteiger partial charge in [0.05, 0.1) is 4.88 Å². The van der Waals surface area contributed by atoms with Crippen molar-refractivity contribution in [1.82, 2.24) is 20.1 Å². The van der Waals surface area contributed by atoms with Crippen molar-refractivity contribution < 1.29 is 54.5 Å². The number of carbonyl (C=O) groups excluding carboxylic acids is 1. The zero-order valence-electron chi connectivity index (χ0n) is 21.6. The lowest BCUT2D eigenvalue weighted by molar-refractivity contribution is -0.367. The summed E-state index contributed by atoms with van der Waals surface area (Å²) in [6.45, 7) is 2.10. The number of benzene rings is 1. The zero-order valence-corrected chi connectivity index (χ0v) is 23.1. The predicted octanol–water partition coefficient (Wildman–Crippen LogP) is 6.01. The minimum absolute atomic E-state index is 0.0192. The van der Waals surface area contributed by atoms with Gasteiger partial charge in [-0.25, -0.2) is 13.8 Å². The van der Waals surface area contributed by atoms with Crippen molar-refractivity contribution in [2.45, 2.75) is 62.6 Å². The number of alkyl halides is 8. The van der Waals surface area contributed by atoms with Gasteiger partial charge in [-0.05, 0) is 31.0 Å². The minimum atomic E-state index is -6.07. The van der Waals surface area contributed by atoms with E-state index < -0.39 is 65.2 Å². The van der Waals surface area contributed by atoms with E-state index in [-0.39, 0.29) is 46.0 Å². The van der Waals surface area contributed by atoms with Crippen LogP contribution in [-0.4, -0.2) is 73.2 Å². The second-order valence-electron chi connectivity index (χ2n) is 10.2. The molecule has 230 valence electrons. The van der Waals surface area contributed by atoms with Gasteiger partial charge in [0.25, 0.3) is 23.3 Å². The molecule has 0 atom stereocenters. The quantitative estimate of drug-likeness (QED) is 0.315. The summed E-state index contributed by atoms with van der Waals surface area (Å²) >= 11 is 6.83. The summed E-state index contributed by atoms with van der Waals surface area (Å²) < 4.78 is 112. The fourth-order valence-corrected chi connectivity index (χ4v) is 5.19. The molecule has 0 spiro atoms. The molecule has 4 rings (SSSR count). The lowest BCUT2D eigenvalue weighted by atomic mass is 9.92.